The lowest BCUT2D eigenvalue weighted by Crippen LogP contribution is -2.44. The second kappa shape index (κ2) is 17.7. The number of aromatic nitrogens is 1. The van der Waals surface area contributed by atoms with E-state index in [4.69, 9.17) is 18.3 Å². The van der Waals surface area contributed by atoms with E-state index < -0.39 is 25.1 Å². The number of aromatic amines is 1. The molecule has 0 aliphatic heterocycles. The van der Waals surface area contributed by atoms with Crippen LogP contribution in [0.5, 0.6) is 5.75 Å². The molecule has 248 valence electrons. The Bertz CT molecular complexity index is 1390. The molecule has 0 bridgehead atoms. The molecule has 1 amide bonds. The Balaban J connectivity index is 1.78. The molecule has 1 atom stereocenters. The molecule has 1 aromatic heterocycles. The summed E-state index contributed by atoms with van der Waals surface area (Å²) >= 11 is 0. The van der Waals surface area contributed by atoms with Crippen molar-refractivity contribution < 1.29 is 23.1 Å². The third kappa shape index (κ3) is 11.4. The number of carbonyl (C=O) groups is 1. The molecule has 0 fully saturated rings. The normalized spacial score (nSPS) is 13.9. The van der Waals surface area contributed by atoms with Gasteiger partial charge in [-0.05, 0) is 63.4 Å². The zero-order chi connectivity index (χ0) is 32.9. The number of H-pyrrole nitrogens is 1. The van der Waals surface area contributed by atoms with Gasteiger partial charge in [0.1, 0.15) is 24.2 Å². The number of fused-ring (bicyclic) bond motifs is 1. The molecule has 45 heavy (non-hydrogen) atoms. The third-order valence-electron chi connectivity index (χ3n) is 7.69. The van der Waals surface area contributed by atoms with Gasteiger partial charge in [-0.15, -0.1) is 0 Å². The average Bonchev–Trinajstić information content (AvgIpc) is 2.98. The number of alkyl carbamates (subject to hydrolysis) is 1. The molecule has 0 unspecified atom stereocenters. The highest BCUT2D eigenvalue weighted by Gasteiger charge is 2.40. The Morgan fingerprint density at radius 2 is 1.58 bits per heavy atom. The summed E-state index contributed by atoms with van der Waals surface area (Å²) in [6.07, 6.45) is 2.16. The summed E-state index contributed by atoms with van der Waals surface area (Å²) < 4.78 is 24.2. The summed E-state index contributed by atoms with van der Waals surface area (Å²) in [4.78, 5) is 27.4. The van der Waals surface area contributed by atoms with E-state index in [-0.39, 0.29) is 29.3 Å². The molecule has 3 rings (SSSR count). The molecule has 0 radical (unpaired) electrons. The van der Waals surface area contributed by atoms with Gasteiger partial charge in [-0.2, -0.15) is 0 Å². The van der Waals surface area contributed by atoms with Gasteiger partial charge in [-0.25, -0.2) is 4.79 Å². The largest absolute Gasteiger partial charge is 0.487 e. The number of benzene rings is 2. The van der Waals surface area contributed by atoms with Gasteiger partial charge in [0.25, 0.3) is 0 Å². The topological polar surface area (TPSA) is 111 Å². The van der Waals surface area contributed by atoms with Crippen LogP contribution in [0.3, 0.4) is 0 Å². The van der Waals surface area contributed by atoms with E-state index in [0.29, 0.717) is 31.0 Å². The number of hydrogen-bond donors (Lipinski definition) is 3. The zero-order valence-corrected chi connectivity index (χ0v) is 31.0. The van der Waals surface area contributed by atoms with Gasteiger partial charge in [0.2, 0.25) is 5.56 Å². The van der Waals surface area contributed by atoms with Crippen LogP contribution in [-0.2, 0) is 20.2 Å². The maximum Gasteiger partial charge on any atom is 0.407 e. The molecule has 0 aliphatic rings. The van der Waals surface area contributed by atoms with Gasteiger partial charge in [0.05, 0.1) is 5.52 Å². The Kier molecular flexibility index (Phi) is 14.3. The zero-order valence-electron chi connectivity index (χ0n) is 28.2. The lowest BCUT2D eigenvalue weighted by atomic mass is 9.73. The fraction of sp³-hybridized carbons (Fsp3) is 0.529. The predicted molar refractivity (Wildman–Crippen MR) is 188 cm³/mol. The van der Waals surface area contributed by atoms with E-state index >= 15 is 0 Å². The minimum atomic E-state index is -0.712. The fourth-order valence-corrected chi connectivity index (χ4v) is 7.28. The van der Waals surface area contributed by atoms with Crippen LogP contribution in [0.25, 0.3) is 10.9 Å². The predicted octanol–water partition coefficient (Wildman–Crippen LogP) is 5.12. The van der Waals surface area contributed by atoms with Crippen LogP contribution in [0.4, 0.5) is 4.79 Å². The van der Waals surface area contributed by atoms with Crippen LogP contribution < -0.4 is 20.9 Å². The van der Waals surface area contributed by atoms with E-state index in [1.165, 1.54) is 0 Å². The molecular weight excluding hydrogens is 603 g/mol. The van der Waals surface area contributed by atoms with Crippen molar-refractivity contribution in [3.8, 4) is 5.75 Å². The standard InChI is InChI=1S/C34H53N3O6Si2/c1-33(2,3)41-32(39)36-21-13-9-12-20-35-22-27(34(4,5)31(42-44-6)43-45-7)25-16-18-28(30-26(25)17-19-29(38)37-30)40-23-24-14-10-8-11-15-24/h8,10-11,14-19,27,31,35H,9,12-13,20-23,44-45H2,1-7H3,(H,36,39)(H,37,38)/t27-/m1/s1. The Morgan fingerprint density at radius 3 is 2.24 bits per heavy atom. The molecule has 2 aromatic carbocycles. The van der Waals surface area contributed by atoms with Crippen LogP contribution in [0, 0.1) is 5.41 Å². The Morgan fingerprint density at radius 1 is 0.889 bits per heavy atom. The molecule has 9 nitrogen and oxygen atoms in total. The minimum absolute atomic E-state index is 0.0222. The van der Waals surface area contributed by atoms with Crippen LogP contribution in [-0.4, -0.2) is 62.1 Å². The highest BCUT2D eigenvalue weighted by atomic mass is 28.2. The number of ether oxygens (including phenoxy) is 2. The molecule has 3 N–H and O–H groups in total. The van der Waals surface area contributed by atoms with E-state index in [2.05, 4.69) is 48.6 Å². The smallest absolute Gasteiger partial charge is 0.407 e. The van der Waals surface area contributed by atoms with Crippen LogP contribution in [0.1, 0.15) is 70.9 Å². The van der Waals surface area contributed by atoms with Crippen molar-refractivity contribution in [3.63, 3.8) is 0 Å². The van der Waals surface area contributed by atoms with Gasteiger partial charge >= 0.3 is 6.09 Å². The maximum atomic E-state index is 12.5. The average molecular weight is 656 g/mol. The fourth-order valence-electron chi connectivity index (χ4n) is 5.43. The van der Waals surface area contributed by atoms with Crippen molar-refractivity contribution in [2.45, 2.75) is 91.4 Å². The molecule has 0 saturated carbocycles. The first-order valence-corrected chi connectivity index (χ1v) is 20.2. The van der Waals surface area contributed by atoms with Crippen molar-refractivity contribution >= 4 is 36.5 Å². The summed E-state index contributed by atoms with van der Waals surface area (Å²) in [5, 5.41) is 7.48. The summed E-state index contributed by atoms with van der Waals surface area (Å²) in [7, 11) is -1.42. The molecule has 0 aliphatic carbocycles. The van der Waals surface area contributed by atoms with Gasteiger partial charge in [0, 0.05) is 35.9 Å². The number of hydrogen-bond acceptors (Lipinski definition) is 7. The van der Waals surface area contributed by atoms with Gasteiger partial charge in [-0.3, -0.25) is 4.79 Å². The summed E-state index contributed by atoms with van der Waals surface area (Å²) in [5.74, 6) is 0.666. The summed E-state index contributed by atoms with van der Waals surface area (Å²) in [6, 6.07) is 17.6. The first-order chi connectivity index (χ1) is 21.5. The summed E-state index contributed by atoms with van der Waals surface area (Å²) in [5.41, 5.74) is 1.84. The summed E-state index contributed by atoms with van der Waals surface area (Å²) in [6.45, 7) is 16.8. The minimum Gasteiger partial charge on any atom is -0.487 e. The highest BCUT2D eigenvalue weighted by Crippen LogP contribution is 2.43. The van der Waals surface area contributed by atoms with Crippen LogP contribution >= 0.6 is 0 Å². The number of amides is 1. The van der Waals surface area contributed by atoms with E-state index in [1.807, 2.05) is 63.2 Å². The van der Waals surface area contributed by atoms with Crippen molar-refractivity contribution in [2.24, 2.45) is 5.41 Å². The molecule has 0 saturated heterocycles. The van der Waals surface area contributed by atoms with Crippen molar-refractivity contribution in [1.82, 2.24) is 15.6 Å². The van der Waals surface area contributed by atoms with Crippen LogP contribution in [0.15, 0.2) is 59.4 Å². The van der Waals surface area contributed by atoms with E-state index in [1.54, 1.807) is 6.07 Å². The number of unbranched alkanes of at least 4 members (excludes halogenated alkanes) is 2. The molecule has 11 heteroatoms. The molecule has 0 spiro atoms. The maximum absolute atomic E-state index is 12.5. The van der Waals surface area contributed by atoms with Gasteiger partial charge in [-0.1, -0.05) is 69.8 Å². The molecular formula is C34H53N3O6Si2. The Labute approximate surface area is 273 Å². The number of carbonyl (C=O) groups excluding carboxylic acids is 1. The lowest BCUT2D eigenvalue weighted by molar-refractivity contribution is -0.0900. The van der Waals surface area contributed by atoms with E-state index in [9.17, 15) is 9.59 Å². The quantitative estimate of drug-likeness (QED) is 0.0991. The van der Waals surface area contributed by atoms with Crippen molar-refractivity contribution in [2.75, 3.05) is 19.6 Å². The first-order valence-electron chi connectivity index (χ1n) is 16.2. The van der Waals surface area contributed by atoms with E-state index in [0.717, 1.165) is 42.3 Å². The first kappa shape index (κ1) is 36.5. The third-order valence-corrected chi connectivity index (χ3v) is 8.96. The molecule has 1 heterocycles. The lowest BCUT2D eigenvalue weighted by Gasteiger charge is -2.41. The van der Waals surface area contributed by atoms with Crippen LogP contribution in [0.2, 0.25) is 13.1 Å². The highest BCUT2D eigenvalue weighted by molar-refractivity contribution is 6.26. The van der Waals surface area contributed by atoms with Crippen molar-refractivity contribution in [3.05, 3.63) is 76.1 Å². The van der Waals surface area contributed by atoms with Crippen molar-refractivity contribution in [1.29, 1.82) is 0 Å². The second-order valence-electron chi connectivity index (χ2n) is 12.8. The number of rotatable bonds is 18. The molecule has 3 aromatic rings. The SMILES string of the molecule is C[SiH2]OC(O[SiH2]C)C(C)(C)[C@H](CNCCCCCNC(=O)OC(C)(C)C)c1ccc(OCc2ccccc2)c2[nH]c(=O)ccc12. The monoisotopic (exact) mass is 655 g/mol. The Hall–Kier alpha value is -2.97. The second-order valence-corrected chi connectivity index (χ2v) is 14.7. The number of nitrogens with one attached hydrogen (secondary N) is 3. The number of pyridine rings is 1. The van der Waals surface area contributed by atoms with Gasteiger partial charge < -0.3 is 33.9 Å². The van der Waals surface area contributed by atoms with Gasteiger partial charge in [0.15, 0.2) is 19.5 Å².